The molecule has 0 fully saturated rings. The van der Waals surface area contributed by atoms with E-state index in [9.17, 15) is 4.79 Å². The number of amides is 1. The van der Waals surface area contributed by atoms with Crippen LogP contribution in [0.25, 0.3) is 5.57 Å². The first kappa shape index (κ1) is 16.6. The molecule has 1 aromatic heterocycles. The standard InChI is InChI=1S/C17H14Cl2N2O3/c18-13-4-1-5-14(15(13)19)24-16-12(3-2-8-20-16)11-6-9-21(10-7-11)17(22)23/h1-6,8H,7,9-10H2,(H,22,23). The Morgan fingerprint density at radius 3 is 2.79 bits per heavy atom. The highest BCUT2D eigenvalue weighted by Gasteiger charge is 2.20. The van der Waals surface area contributed by atoms with Crippen molar-refractivity contribution in [1.29, 1.82) is 0 Å². The van der Waals surface area contributed by atoms with Crippen LogP contribution in [0.5, 0.6) is 11.6 Å². The van der Waals surface area contributed by atoms with Crippen molar-refractivity contribution in [2.45, 2.75) is 6.42 Å². The lowest BCUT2D eigenvalue weighted by Crippen LogP contribution is -2.33. The lowest BCUT2D eigenvalue weighted by Gasteiger charge is -2.24. The van der Waals surface area contributed by atoms with Gasteiger partial charge in [-0.05, 0) is 36.3 Å². The summed E-state index contributed by atoms with van der Waals surface area (Å²) in [5, 5.41) is 9.76. The molecule has 0 radical (unpaired) electrons. The summed E-state index contributed by atoms with van der Waals surface area (Å²) in [7, 11) is 0. The minimum Gasteiger partial charge on any atom is -0.465 e. The zero-order valence-electron chi connectivity index (χ0n) is 12.6. The molecule has 3 rings (SSSR count). The summed E-state index contributed by atoms with van der Waals surface area (Å²) in [6.07, 6.45) is 3.18. The van der Waals surface area contributed by atoms with Crippen molar-refractivity contribution in [3.05, 3.63) is 58.2 Å². The van der Waals surface area contributed by atoms with Crippen molar-refractivity contribution >= 4 is 34.9 Å². The van der Waals surface area contributed by atoms with Crippen LogP contribution in [-0.2, 0) is 0 Å². The number of hydrogen-bond acceptors (Lipinski definition) is 3. The van der Waals surface area contributed by atoms with Crippen LogP contribution in [0.3, 0.4) is 0 Å². The summed E-state index contributed by atoms with van der Waals surface area (Å²) >= 11 is 12.2. The summed E-state index contributed by atoms with van der Waals surface area (Å²) in [5.41, 5.74) is 1.81. The van der Waals surface area contributed by atoms with Crippen molar-refractivity contribution in [2.24, 2.45) is 0 Å². The number of ether oxygens (including phenoxy) is 1. The van der Waals surface area contributed by atoms with Crippen molar-refractivity contribution in [2.75, 3.05) is 13.1 Å². The second kappa shape index (κ2) is 7.11. The van der Waals surface area contributed by atoms with E-state index in [-0.39, 0.29) is 0 Å². The minimum absolute atomic E-state index is 0.324. The number of pyridine rings is 1. The van der Waals surface area contributed by atoms with Crippen molar-refractivity contribution in [3.8, 4) is 11.6 Å². The predicted molar refractivity (Wildman–Crippen MR) is 93.0 cm³/mol. The van der Waals surface area contributed by atoms with Crippen molar-refractivity contribution in [3.63, 3.8) is 0 Å². The lowest BCUT2D eigenvalue weighted by atomic mass is 10.0. The minimum atomic E-state index is -0.918. The Morgan fingerprint density at radius 2 is 2.08 bits per heavy atom. The maximum atomic E-state index is 11.0. The highest BCUT2D eigenvalue weighted by molar-refractivity contribution is 6.42. The second-order valence-electron chi connectivity index (χ2n) is 5.22. The van der Waals surface area contributed by atoms with Gasteiger partial charge in [0.25, 0.3) is 0 Å². The fourth-order valence-electron chi connectivity index (χ4n) is 2.47. The molecule has 2 heterocycles. The molecule has 1 amide bonds. The van der Waals surface area contributed by atoms with Gasteiger partial charge in [0.15, 0.2) is 0 Å². The van der Waals surface area contributed by atoms with Gasteiger partial charge >= 0.3 is 6.09 Å². The van der Waals surface area contributed by atoms with Crippen LogP contribution < -0.4 is 4.74 Å². The molecular formula is C17H14Cl2N2O3. The van der Waals surface area contributed by atoms with Crippen LogP contribution in [0.15, 0.2) is 42.6 Å². The van der Waals surface area contributed by atoms with Crippen LogP contribution in [0, 0.1) is 0 Å². The van der Waals surface area contributed by atoms with Gasteiger partial charge in [-0.15, -0.1) is 0 Å². The van der Waals surface area contributed by atoms with E-state index in [2.05, 4.69) is 4.98 Å². The Bertz CT molecular complexity index is 808. The molecule has 0 atom stereocenters. The first-order valence-corrected chi connectivity index (χ1v) is 8.06. The molecule has 0 unspecified atom stereocenters. The molecule has 24 heavy (non-hydrogen) atoms. The molecule has 7 heteroatoms. The van der Waals surface area contributed by atoms with E-state index in [4.69, 9.17) is 33.0 Å². The average molecular weight is 365 g/mol. The monoisotopic (exact) mass is 364 g/mol. The zero-order chi connectivity index (χ0) is 17.1. The predicted octanol–water partition coefficient (Wildman–Crippen LogP) is 4.95. The van der Waals surface area contributed by atoms with Gasteiger partial charge in [-0.3, -0.25) is 0 Å². The topological polar surface area (TPSA) is 62.7 Å². The number of carbonyl (C=O) groups is 1. The average Bonchev–Trinajstić information content (AvgIpc) is 2.59. The quantitative estimate of drug-likeness (QED) is 0.836. The van der Waals surface area contributed by atoms with Crippen molar-refractivity contribution < 1.29 is 14.6 Å². The number of carboxylic acid groups (broad SMARTS) is 1. The van der Waals surface area contributed by atoms with E-state index in [1.807, 2.05) is 18.2 Å². The van der Waals surface area contributed by atoms with Crippen LogP contribution in [0.2, 0.25) is 10.0 Å². The Labute approximate surface area is 149 Å². The molecule has 0 aliphatic carbocycles. The zero-order valence-corrected chi connectivity index (χ0v) is 14.1. The SMILES string of the molecule is O=C(O)N1CC=C(c2cccnc2Oc2cccc(Cl)c2Cl)CC1. The van der Waals surface area contributed by atoms with E-state index in [0.717, 1.165) is 11.1 Å². The second-order valence-corrected chi connectivity index (χ2v) is 6.00. The van der Waals surface area contributed by atoms with Gasteiger partial charge in [-0.1, -0.05) is 35.3 Å². The molecule has 1 aromatic carbocycles. The maximum absolute atomic E-state index is 11.0. The van der Waals surface area contributed by atoms with Gasteiger partial charge in [0, 0.05) is 24.8 Å². The number of aromatic nitrogens is 1. The van der Waals surface area contributed by atoms with Gasteiger partial charge in [-0.2, -0.15) is 0 Å². The smallest absolute Gasteiger partial charge is 0.407 e. The molecule has 0 saturated carbocycles. The fourth-order valence-corrected chi connectivity index (χ4v) is 2.80. The largest absolute Gasteiger partial charge is 0.465 e. The van der Waals surface area contributed by atoms with Crippen LogP contribution in [0.1, 0.15) is 12.0 Å². The lowest BCUT2D eigenvalue weighted by molar-refractivity contribution is 0.150. The summed E-state index contributed by atoms with van der Waals surface area (Å²) in [5.74, 6) is 0.837. The molecule has 1 aliphatic rings. The van der Waals surface area contributed by atoms with Gasteiger partial charge in [0.05, 0.1) is 5.02 Å². The third kappa shape index (κ3) is 3.47. The Hall–Kier alpha value is -2.24. The summed E-state index contributed by atoms with van der Waals surface area (Å²) < 4.78 is 5.85. The molecule has 0 spiro atoms. The Balaban J connectivity index is 1.89. The fraction of sp³-hybridized carbons (Fsp3) is 0.176. The van der Waals surface area contributed by atoms with E-state index < -0.39 is 6.09 Å². The van der Waals surface area contributed by atoms with E-state index >= 15 is 0 Å². The van der Waals surface area contributed by atoms with E-state index in [1.54, 1.807) is 24.4 Å². The van der Waals surface area contributed by atoms with Gasteiger partial charge in [-0.25, -0.2) is 9.78 Å². The first-order chi connectivity index (χ1) is 11.6. The third-order valence-electron chi connectivity index (χ3n) is 3.72. The normalized spacial score (nSPS) is 14.2. The van der Waals surface area contributed by atoms with Crippen molar-refractivity contribution in [1.82, 2.24) is 9.88 Å². The molecule has 0 bridgehead atoms. The van der Waals surface area contributed by atoms with Crippen LogP contribution in [0.4, 0.5) is 4.79 Å². The number of hydrogen-bond donors (Lipinski definition) is 1. The highest BCUT2D eigenvalue weighted by Crippen LogP contribution is 2.37. The molecule has 1 aliphatic heterocycles. The van der Waals surface area contributed by atoms with Gasteiger partial charge in [0.1, 0.15) is 10.8 Å². The van der Waals surface area contributed by atoms with Gasteiger partial charge in [0.2, 0.25) is 5.88 Å². The summed E-state index contributed by atoms with van der Waals surface area (Å²) in [6.45, 7) is 0.782. The van der Waals surface area contributed by atoms with Gasteiger partial charge < -0.3 is 14.7 Å². The van der Waals surface area contributed by atoms with Crippen LogP contribution >= 0.6 is 23.2 Å². The molecule has 2 aromatic rings. The van der Waals surface area contributed by atoms with E-state index in [1.165, 1.54) is 4.90 Å². The van der Waals surface area contributed by atoms with Crippen LogP contribution in [-0.4, -0.2) is 34.2 Å². The third-order valence-corrected chi connectivity index (χ3v) is 4.52. The first-order valence-electron chi connectivity index (χ1n) is 7.30. The molecule has 0 saturated heterocycles. The Kier molecular flexibility index (Phi) is 4.92. The molecule has 5 nitrogen and oxygen atoms in total. The highest BCUT2D eigenvalue weighted by atomic mass is 35.5. The maximum Gasteiger partial charge on any atom is 0.407 e. The summed E-state index contributed by atoms with van der Waals surface area (Å²) in [4.78, 5) is 16.6. The summed E-state index contributed by atoms with van der Waals surface area (Å²) in [6, 6.07) is 8.85. The van der Waals surface area contributed by atoms with E-state index in [0.29, 0.717) is 41.2 Å². The number of halogens is 2. The Morgan fingerprint density at radius 1 is 1.25 bits per heavy atom. The number of nitrogens with zero attached hydrogens (tertiary/aromatic N) is 2. The number of benzene rings is 1. The molecule has 124 valence electrons. The molecular weight excluding hydrogens is 351 g/mol. The number of rotatable bonds is 3. The molecule has 1 N–H and O–H groups in total.